The maximum absolute atomic E-state index is 12.5. The number of nitrogens with zero attached hydrogens (tertiary/aromatic N) is 1. The minimum absolute atomic E-state index is 0.134. The van der Waals surface area contributed by atoms with Gasteiger partial charge in [0.15, 0.2) is 0 Å². The van der Waals surface area contributed by atoms with E-state index in [0.29, 0.717) is 23.6 Å². The molecule has 2 aliphatic rings. The van der Waals surface area contributed by atoms with Crippen LogP contribution < -0.4 is 10.2 Å². The first-order valence-electron chi connectivity index (χ1n) is 8.11. The van der Waals surface area contributed by atoms with Crippen LogP contribution in [-0.2, 0) is 24.2 Å². The highest BCUT2D eigenvalue weighted by atomic mass is 35.5. The molecule has 0 bridgehead atoms. The average molecular weight is 341 g/mol. The molecule has 2 aromatic carbocycles. The lowest BCUT2D eigenvalue weighted by Crippen LogP contribution is -2.31. The van der Waals surface area contributed by atoms with Gasteiger partial charge < -0.3 is 10.2 Å². The quantitative estimate of drug-likeness (QED) is 0.933. The molecule has 122 valence electrons. The summed E-state index contributed by atoms with van der Waals surface area (Å²) in [5.41, 5.74) is 4.62. The van der Waals surface area contributed by atoms with E-state index in [1.165, 1.54) is 0 Å². The van der Waals surface area contributed by atoms with Crippen molar-refractivity contribution >= 4 is 29.1 Å². The molecule has 4 rings (SSSR count). The molecule has 0 fully saturated rings. The standard InChI is InChI=1S/C19H17ClN2O2/c20-16-6-2-1-4-13(16)11-21-19(24)15-8-12-5-3-7-22-17(23)10-14(9-15)18(12)22/h1-2,4,6,8-9H,3,5,7,10-11H2,(H,21,24). The van der Waals surface area contributed by atoms with Crippen molar-refractivity contribution < 1.29 is 9.59 Å². The van der Waals surface area contributed by atoms with Crippen molar-refractivity contribution in [3.63, 3.8) is 0 Å². The van der Waals surface area contributed by atoms with Gasteiger partial charge >= 0.3 is 0 Å². The van der Waals surface area contributed by atoms with Gasteiger partial charge in [-0.25, -0.2) is 0 Å². The van der Waals surface area contributed by atoms with Crippen LogP contribution in [0, 0.1) is 0 Å². The highest BCUT2D eigenvalue weighted by molar-refractivity contribution is 6.31. The number of anilines is 1. The number of carbonyl (C=O) groups is 2. The van der Waals surface area contributed by atoms with Crippen LogP contribution in [0.5, 0.6) is 0 Å². The number of nitrogens with one attached hydrogen (secondary N) is 1. The minimum Gasteiger partial charge on any atom is -0.348 e. The Labute approximate surface area is 145 Å². The van der Waals surface area contributed by atoms with E-state index in [1.54, 1.807) is 0 Å². The van der Waals surface area contributed by atoms with Crippen LogP contribution in [-0.4, -0.2) is 18.4 Å². The second-order valence-electron chi connectivity index (χ2n) is 6.24. The predicted molar refractivity (Wildman–Crippen MR) is 93.4 cm³/mol. The van der Waals surface area contributed by atoms with Crippen LogP contribution in [0.1, 0.15) is 33.5 Å². The molecule has 0 atom stereocenters. The Hall–Kier alpha value is -2.33. The first-order valence-corrected chi connectivity index (χ1v) is 8.49. The molecule has 0 saturated carbocycles. The van der Waals surface area contributed by atoms with E-state index in [-0.39, 0.29) is 11.8 Å². The van der Waals surface area contributed by atoms with Crippen molar-refractivity contribution in [2.75, 3.05) is 11.4 Å². The van der Waals surface area contributed by atoms with Crippen molar-refractivity contribution in [3.8, 4) is 0 Å². The number of amides is 2. The van der Waals surface area contributed by atoms with Crippen molar-refractivity contribution in [1.29, 1.82) is 0 Å². The minimum atomic E-state index is -0.134. The Balaban J connectivity index is 1.57. The molecule has 24 heavy (non-hydrogen) atoms. The predicted octanol–water partition coefficient (Wildman–Crippen LogP) is 3.11. The lowest BCUT2D eigenvalue weighted by molar-refractivity contribution is -0.117. The van der Waals surface area contributed by atoms with Gasteiger partial charge in [-0.3, -0.25) is 9.59 Å². The molecule has 0 aromatic heterocycles. The van der Waals surface area contributed by atoms with Gasteiger partial charge in [0.2, 0.25) is 5.91 Å². The highest BCUT2D eigenvalue weighted by Crippen LogP contribution is 2.37. The van der Waals surface area contributed by atoms with Gasteiger partial charge in [0, 0.05) is 23.7 Å². The summed E-state index contributed by atoms with van der Waals surface area (Å²) in [6, 6.07) is 11.2. The normalized spacial score (nSPS) is 15.4. The topological polar surface area (TPSA) is 49.4 Å². The summed E-state index contributed by atoms with van der Waals surface area (Å²) < 4.78 is 0. The Kier molecular flexibility index (Phi) is 3.77. The Bertz CT molecular complexity index is 847. The first-order chi connectivity index (χ1) is 11.6. The molecular weight excluding hydrogens is 324 g/mol. The first kappa shape index (κ1) is 15.2. The van der Waals surface area contributed by atoms with E-state index in [0.717, 1.165) is 41.8 Å². The fraction of sp³-hybridized carbons (Fsp3) is 0.263. The van der Waals surface area contributed by atoms with Gasteiger partial charge in [0.1, 0.15) is 0 Å². The maximum Gasteiger partial charge on any atom is 0.251 e. The van der Waals surface area contributed by atoms with E-state index >= 15 is 0 Å². The summed E-state index contributed by atoms with van der Waals surface area (Å²) in [4.78, 5) is 26.5. The molecule has 2 heterocycles. The van der Waals surface area contributed by atoms with E-state index in [2.05, 4.69) is 5.32 Å². The molecule has 5 heteroatoms. The van der Waals surface area contributed by atoms with Crippen LogP contribution in [0.4, 0.5) is 5.69 Å². The second kappa shape index (κ2) is 5.95. The molecule has 2 amide bonds. The Morgan fingerprint density at radius 3 is 2.83 bits per heavy atom. The second-order valence-corrected chi connectivity index (χ2v) is 6.65. The molecule has 1 N–H and O–H groups in total. The summed E-state index contributed by atoms with van der Waals surface area (Å²) in [5.74, 6) is 0.00465. The zero-order chi connectivity index (χ0) is 16.7. The van der Waals surface area contributed by atoms with E-state index in [9.17, 15) is 9.59 Å². The van der Waals surface area contributed by atoms with Gasteiger partial charge in [0.05, 0.1) is 12.1 Å². The number of benzene rings is 2. The summed E-state index contributed by atoms with van der Waals surface area (Å²) in [6.07, 6.45) is 2.26. The molecule has 0 saturated heterocycles. The average Bonchev–Trinajstić information content (AvgIpc) is 2.91. The molecule has 0 spiro atoms. The monoisotopic (exact) mass is 340 g/mol. The number of hydrogen-bond acceptors (Lipinski definition) is 2. The number of halogens is 1. The molecule has 4 nitrogen and oxygen atoms in total. The van der Waals surface area contributed by atoms with Crippen molar-refractivity contribution in [2.24, 2.45) is 0 Å². The zero-order valence-electron chi connectivity index (χ0n) is 13.1. The van der Waals surface area contributed by atoms with Gasteiger partial charge in [-0.2, -0.15) is 0 Å². The molecular formula is C19H17ClN2O2. The van der Waals surface area contributed by atoms with Gasteiger partial charge in [-0.05, 0) is 47.7 Å². The van der Waals surface area contributed by atoms with Crippen LogP contribution in [0.3, 0.4) is 0 Å². The lowest BCUT2D eigenvalue weighted by atomic mass is 9.96. The molecule has 2 aromatic rings. The fourth-order valence-corrected chi connectivity index (χ4v) is 3.73. The smallest absolute Gasteiger partial charge is 0.251 e. The number of rotatable bonds is 3. The van der Waals surface area contributed by atoms with Crippen molar-refractivity contribution in [3.05, 3.63) is 63.7 Å². The number of hydrogen-bond donors (Lipinski definition) is 1. The van der Waals surface area contributed by atoms with Crippen molar-refractivity contribution in [1.82, 2.24) is 5.32 Å². The van der Waals surface area contributed by atoms with Crippen LogP contribution in [0.25, 0.3) is 0 Å². The number of aryl methyl sites for hydroxylation is 1. The van der Waals surface area contributed by atoms with Crippen LogP contribution in [0.2, 0.25) is 5.02 Å². The summed E-state index contributed by atoms with van der Waals surface area (Å²) >= 11 is 6.12. The van der Waals surface area contributed by atoms with E-state index in [1.807, 2.05) is 41.3 Å². The fourth-order valence-electron chi connectivity index (χ4n) is 3.53. The molecule has 0 aliphatic carbocycles. The Morgan fingerprint density at radius 2 is 2.00 bits per heavy atom. The zero-order valence-corrected chi connectivity index (χ0v) is 13.9. The van der Waals surface area contributed by atoms with Gasteiger partial charge in [-0.1, -0.05) is 29.8 Å². The van der Waals surface area contributed by atoms with E-state index in [4.69, 9.17) is 11.6 Å². The third-order valence-corrected chi connectivity index (χ3v) is 5.04. The largest absolute Gasteiger partial charge is 0.348 e. The van der Waals surface area contributed by atoms with Gasteiger partial charge in [0.25, 0.3) is 5.91 Å². The summed E-state index contributed by atoms with van der Waals surface area (Å²) in [5, 5.41) is 3.56. The highest BCUT2D eigenvalue weighted by Gasteiger charge is 2.32. The molecule has 0 radical (unpaired) electrons. The lowest BCUT2D eigenvalue weighted by Gasteiger charge is -2.25. The van der Waals surface area contributed by atoms with Crippen molar-refractivity contribution in [2.45, 2.75) is 25.8 Å². The third kappa shape index (κ3) is 2.57. The number of carbonyl (C=O) groups excluding carboxylic acids is 2. The molecule has 2 aliphatic heterocycles. The van der Waals surface area contributed by atoms with Crippen LogP contribution >= 0.6 is 11.6 Å². The SMILES string of the molecule is O=C(NCc1ccccc1Cl)c1cc2c3c(c1)CC(=O)N3CCC2. The third-order valence-electron chi connectivity index (χ3n) is 4.67. The van der Waals surface area contributed by atoms with E-state index < -0.39 is 0 Å². The maximum atomic E-state index is 12.5. The Morgan fingerprint density at radius 1 is 1.21 bits per heavy atom. The van der Waals surface area contributed by atoms with Crippen LogP contribution in [0.15, 0.2) is 36.4 Å². The summed E-state index contributed by atoms with van der Waals surface area (Å²) in [6.45, 7) is 1.17. The molecule has 0 unspecified atom stereocenters. The van der Waals surface area contributed by atoms with Gasteiger partial charge in [-0.15, -0.1) is 0 Å². The summed E-state index contributed by atoms with van der Waals surface area (Å²) in [7, 11) is 0.